The maximum absolute atomic E-state index is 12.3. The first-order valence-corrected chi connectivity index (χ1v) is 6.54. The fourth-order valence-corrected chi connectivity index (χ4v) is 2.32. The van der Waals surface area contributed by atoms with Crippen molar-refractivity contribution in [1.29, 1.82) is 0 Å². The highest BCUT2D eigenvalue weighted by molar-refractivity contribution is 6.06. The minimum absolute atomic E-state index is 0.0476. The van der Waals surface area contributed by atoms with Crippen LogP contribution >= 0.6 is 0 Å². The minimum Gasteiger partial charge on any atom is -0.480 e. The van der Waals surface area contributed by atoms with Crippen molar-refractivity contribution < 1.29 is 14.7 Å². The number of rotatable bonds is 4. The monoisotopic (exact) mass is 270 g/mol. The van der Waals surface area contributed by atoms with Crippen LogP contribution in [0.15, 0.2) is 36.5 Å². The molecule has 1 saturated carbocycles. The molecule has 3 rings (SSSR count). The van der Waals surface area contributed by atoms with Gasteiger partial charge in [0.15, 0.2) is 0 Å². The average molecular weight is 270 g/mol. The van der Waals surface area contributed by atoms with Gasteiger partial charge in [-0.15, -0.1) is 0 Å². The van der Waals surface area contributed by atoms with Crippen molar-refractivity contribution in [2.24, 2.45) is 5.92 Å². The molecule has 1 aliphatic carbocycles. The number of carbonyl (C=O) groups excluding carboxylic acids is 1. The number of hydrogen-bond acceptors (Lipinski definition) is 3. The van der Waals surface area contributed by atoms with Gasteiger partial charge in [-0.25, -0.2) is 4.79 Å². The van der Waals surface area contributed by atoms with Gasteiger partial charge in [0.05, 0.1) is 0 Å². The number of carboxylic acids is 1. The van der Waals surface area contributed by atoms with Gasteiger partial charge in [-0.3, -0.25) is 9.78 Å². The molecule has 2 aromatic rings. The SMILES string of the molecule is O=C(NC(C(=O)O)C1CC1)c1nccc2ccccc12. The second-order valence-electron chi connectivity index (χ2n) is 5.01. The Balaban J connectivity index is 1.90. The van der Waals surface area contributed by atoms with Gasteiger partial charge in [-0.1, -0.05) is 24.3 Å². The van der Waals surface area contributed by atoms with Gasteiger partial charge in [0, 0.05) is 11.6 Å². The molecular formula is C15H14N2O3. The molecule has 1 aliphatic rings. The van der Waals surface area contributed by atoms with Gasteiger partial charge in [0.1, 0.15) is 11.7 Å². The van der Waals surface area contributed by atoms with Crippen molar-refractivity contribution >= 4 is 22.6 Å². The second-order valence-corrected chi connectivity index (χ2v) is 5.01. The largest absolute Gasteiger partial charge is 0.480 e. The summed E-state index contributed by atoms with van der Waals surface area (Å²) in [5, 5.41) is 13.4. The minimum atomic E-state index is -0.985. The molecule has 2 N–H and O–H groups in total. The van der Waals surface area contributed by atoms with Crippen LogP contribution < -0.4 is 5.32 Å². The van der Waals surface area contributed by atoms with Crippen molar-refractivity contribution in [1.82, 2.24) is 10.3 Å². The van der Waals surface area contributed by atoms with E-state index < -0.39 is 17.9 Å². The first kappa shape index (κ1) is 12.6. The van der Waals surface area contributed by atoms with Crippen LogP contribution in [0.25, 0.3) is 10.8 Å². The Bertz CT molecular complexity index is 674. The topological polar surface area (TPSA) is 79.3 Å². The number of benzene rings is 1. The molecule has 0 radical (unpaired) electrons. The molecule has 1 heterocycles. The van der Waals surface area contributed by atoms with Crippen LogP contribution in [0.5, 0.6) is 0 Å². The number of fused-ring (bicyclic) bond motifs is 1. The summed E-state index contributed by atoms with van der Waals surface area (Å²) in [6, 6.07) is 8.42. The summed E-state index contributed by atoms with van der Waals surface area (Å²) in [6.45, 7) is 0. The standard InChI is InChI=1S/C15H14N2O3/c18-14(17-12(15(19)20)10-5-6-10)13-11-4-2-1-3-9(11)7-8-16-13/h1-4,7-8,10,12H,5-6H2,(H,17,18)(H,19,20). The summed E-state index contributed by atoms with van der Waals surface area (Å²) in [5.74, 6) is -1.37. The molecule has 0 aliphatic heterocycles. The summed E-state index contributed by atoms with van der Waals surface area (Å²) < 4.78 is 0. The zero-order valence-corrected chi connectivity index (χ0v) is 10.7. The molecule has 0 spiro atoms. The summed E-state index contributed by atoms with van der Waals surface area (Å²) >= 11 is 0. The second kappa shape index (κ2) is 4.92. The quantitative estimate of drug-likeness (QED) is 0.888. The lowest BCUT2D eigenvalue weighted by Crippen LogP contribution is -2.42. The zero-order chi connectivity index (χ0) is 14.1. The molecule has 1 amide bonds. The molecule has 0 bridgehead atoms. The van der Waals surface area contributed by atoms with Crippen LogP contribution in [-0.4, -0.2) is 28.0 Å². The highest BCUT2D eigenvalue weighted by Crippen LogP contribution is 2.33. The van der Waals surface area contributed by atoms with E-state index in [1.54, 1.807) is 6.20 Å². The van der Waals surface area contributed by atoms with Gasteiger partial charge in [0.2, 0.25) is 0 Å². The Labute approximate surface area is 115 Å². The summed E-state index contributed by atoms with van der Waals surface area (Å²) in [7, 11) is 0. The van der Waals surface area contributed by atoms with Gasteiger partial charge in [0.25, 0.3) is 5.91 Å². The maximum atomic E-state index is 12.3. The maximum Gasteiger partial charge on any atom is 0.326 e. The molecule has 5 heteroatoms. The van der Waals surface area contributed by atoms with Gasteiger partial charge < -0.3 is 10.4 Å². The van der Waals surface area contributed by atoms with E-state index in [-0.39, 0.29) is 11.6 Å². The summed E-state index contributed by atoms with van der Waals surface area (Å²) in [6.07, 6.45) is 3.25. The lowest BCUT2D eigenvalue weighted by Gasteiger charge is -2.13. The first-order valence-electron chi connectivity index (χ1n) is 6.54. The Morgan fingerprint density at radius 2 is 2.00 bits per heavy atom. The van der Waals surface area contributed by atoms with Crippen molar-refractivity contribution in [2.75, 3.05) is 0 Å². The molecule has 0 saturated heterocycles. The number of nitrogens with zero attached hydrogens (tertiary/aromatic N) is 1. The molecule has 1 fully saturated rings. The van der Waals surface area contributed by atoms with Crippen molar-refractivity contribution in [3.05, 3.63) is 42.2 Å². The number of amides is 1. The fraction of sp³-hybridized carbons (Fsp3) is 0.267. The predicted octanol–water partition coefficient (Wildman–Crippen LogP) is 1.83. The summed E-state index contributed by atoms with van der Waals surface area (Å²) in [4.78, 5) is 27.5. The van der Waals surface area contributed by atoms with Crippen molar-refractivity contribution in [3.63, 3.8) is 0 Å². The van der Waals surface area contributed by atoms with E-state index >= 15 is 0 Å². The van der Waals surface area contributed by atoms with Gasteiger partial charge in [-0.05, 0) is 30.2 Å². The third-order valence-electron chi connectivity index (χ3n) is 3.53. The Morgan fingerprint density at radius 1 is 1.25 bits per heavy atom. The Morgan fingerprint density at radius 3 is 2.70 bits per heavy atom. The smallest absolute Gasteiger partial charge is 0.326 e. The lowest BCUT2D eigenvalue weighted by molar-refractivity contribution is -0.139. The van der Waals surface area contributed by atoms with E-state index in [2.05, 4.69) is 10.3 Å². The Kier molecular flexibility index (Phi) is 3.10. The number of aromatic nitrogens is 1. The van der Waals surface area contributed by atoms with E-state index in [0.717, 1.165) is 23.6 Å². The zero-order valence-electron chi connectivity index (χ0n) is 10.7. The van der Waals surface area contributed by atoms with Gasteiger partial charge >= 0.3 is 5.97 Å². The third-order valence-corrected chi connectivity index (χ3v) is 3.53. The average Bonchev–Trinajstić information content (AvgIpc) is 3.28. The van der Waals surface area contributed by atoms with Crippen LogP contribution in [0.4, 0.5) is 0 Å². The van der Waals surface area contributed by atoms with Crippen LogP contribution in [0, 0.1) is 5.92 Å². The van der Waals surface area contributed by atoms with Crippen LogP contribution in [-0.2, 0) is 4.79 Å². The van der Waals surface area contributed by atoms with Crippen molar-refractivity contribution in [2.45, 2.75) is 18.9 Å². The molecule has 1 aromatic heterocycles. The van der Waals surface area contributed by atoms with Crippen LogP contribution in [0.1, 0.15) is 23.3 Å². The molecular weight excluding hydrogens is 256 g/mol. The van der Waals surface area contributed by atoms with Crippen LogP contribution in [0.3, 0.4) is 0 Å². The number of aliphatic carboxylic acids is 1. The lowest BCUT2D eigenvalue weighted by atomic mass is 10.1. The highest BCUT2D eigenvalue weighted by atomic mass is 16.4. The summed E-state index contributed by atoms with van der Waals surface area (Å²) in [5.41, 5.74) is 0.273. The fourth-order valence-electron chi connectivity index (χ4n) is 2.32. The van der Waals surface area contributed by atoms with Crippen LogP contribution in [0.2, 0.25) is 0 Å². The third kappa shape index (κ3) is 2.34. The molecule has 20 heavy (non-hydrogen) atoms. The molecule has 1 unspecified atom stereocenters. The highest BCUT2D eigenvalue weighted by Gasteiger charge is 2.37. The molecule has 1 atom stereocenters. The number of nitrogens with one attached hydrogen (secondary N) is 1. The number of carboxylic acid groups (broad SMARTS) is 1. The predicted molar refractivity (Wildman–Crippen MR) is 73.4 cm³/mol. The molecule has 102 valence electrons. The van der Waals surface area contributed by atoms with Gasteiger partial charge in [-0.2, -0.15) is 0 Å². The normalized spacial score (nSPS) is 15.8. The van der Waals surface area contributed by atoms with Crippen molar-refractivity contribution in [3.8, 4) is 0 Å². The van der Waals surface area contributed by atoms with E-state index in [1.807, 2.05) is 30.3 Å². The van der Waals surface area contributed by atoms with E-state index in [1.165, 1.54) is 0 Å². The number of pyridine rings is 1. The Hall–Kier alpha value is -2.43. The van der Waals surface area contributed by atoms with E-state index in [9.17, 15) is 9.59 Å². The first-order chi connectivity index (χ1) is 9.66. The molecule has 1 aromatic carbocycles. The molecule has 5 nitrogen and oxygen atoms in total. The van der Waals surface area contributed by atoms with E-state index in [4.69, 9.17) is 5.11 Å². The number of carbonyl (C=O) groups is 2. The number of hydrogen-bond donors (Lipinski definition) is 2. The van der Waals surface area contributed by atoms with E-state index in [0.29, 0.717) is 0 Å².